The highest BCUT2D eigenvalue weighted by atomic mass is 19.1. The SMILES string of the molecule is CCCCc1ccccc1C(=O)Nc1cccc(-c2c[nH]c(=O)c(Nc3ccc(C(=O)N4CCOCC4)cc3)n2)c1F. The highest BCUT2D eigenvalue weighted by Crippen LogP contribution is 2.27. The lowest BCUT2D eigenvalue weighted by atomic mass is 10.0. The molecule has 216 valence electrons. The topological polar surface area (TPSA) is 116 Å². The van der Waals surface area contributed by atoms with Crippen molar-refractivity contribution in [2.24, 2.45) is 0 Å². The molecule has 42 heavy (non-hydrogen) atoms. The van der Waals surface area contributed by atoms with E-state index in [4.69, 9.17) is 4.74 Å². The minimum atomic E-state index is -0.673. The minimum absolute atomic E-state index is 0.00540. The van der Waals surface area contributed by atoms with Crippen molar-refractivity contribution in [2.75, 3.05) is 36.9 Å². The van der Waals surface area contributed by atoms with Crippen molar-refractivity contribution < 1.29 is 18.7 Å². The zero-order valence-corrected chi connectivity index (χ0v) is 23.3. The number of amides is 2. The van der Waals surface area contributed by atoms with Gasteiger partial charge in [0, 0.05) is 41.7 Å². The number of unbranched alkanes of at least 4 members (excludes halogenated alkanes) is 1. The van der Waals surface area contributed by atoms with Crippen LogP contribution in [0, 0.1) is 5.82 Å². The first-order valence-corrected chi connectivity index (χ1v) is 14.0. The molecule has 2 heterocycles. The third kappa shape index (κ3) is 6.55. The molecule has 1 aliphatic heterocycles. The summed E-state index contributed by atoms with van der Waals surface area (Å²) >= 11 is 0. The monoisotopic (exact) mass is 569 g/mol. The van der Waals surface area contributed by atoms with Gasteiger partial charge in [0.15, 0.2) is 11.6 Å². The average Bonchev–Trinajstić information content (AvgIpc) is 3.02. The van der Waals surface area contributed by atoms with Gasteiger partial charge in [-0.2, -0.15) is 0 Å². The van der Waals surface area contributed by atoms with Crippen molar-refractivity contribution in [2.45, 2.75) is 26.2 Å². The first-order chi connectivity index (χ1) is 20.4. The van der Waals surface area contributed by atoms with Crippen molar-refractivity contribution >= 4 is 29.0 Å². The number of nitrogens with zero attached hydrogens (tertiary/aromatic N) is 2. The van der Waals surface area contributed by atoms with Crippen LogP contribution in [0.3, 0.4) is 0 Å². The Morgan fingerprint density at radius 2 is 1.79 bits per heavy atom. The summed E-state index contributed by atoms with van der Waals surface area (Å²) in [7, 11) is 0. The van der Waals surface area contributed by atoms with E-state index >= 15 is 4.39 Å². The number of ether oxygens (including phenoxy) is 1. The summed E-state index contributed by atoms with van der Waals surface area (Å²) in [6.07, 6.45) is 4.02. The molecule has 0 saturated carbocycles. The molecule has 0 bridgehead atoms. The summed E-state index contributed by atoms with van der Waals surface area (Å²) in [5.41, 5.74) is 2.25. The molecule has 4 aromatic rings. The average molecular weight is 570 g/mol. The molecular weight excluding hydrogens is 537 g/mol. The van der Waals surface area contributed by atoms with Gasteiger partial charge < -0.3 is 25.3 Å². The molecule has 0 spiro atoms. The molecule has 9 nitrogen and oxygen atoms in total. The van der Waals surface area contributed by atoms with Gasteiger partial charge in [-0.05, 0) is 60.9 Å². The van der Waals surface area contributed by atoms with Crippen LogP contribution in [-0.4, -0.2) is 53.0 Å². The van der Waals surface area contributed by atoms with Gasteiger partial charge in [-0.15, -0.1) is 0 Å². The van der Waals surface area contributed by atoms with Crippen LogP contribution in [0.5, 0.6) is 0 Å². The van der Waals surface area contributed by atoms with Gasteiger partial charge in [-0.1, -0.05) is 37.6 Å². The number of benzene rings is 3. The van der Waals surface area contributed by atoms with Crippen LogP contribution in [0.4, 0.5) is 21.6 Å². The molecule has 0 unspecified atom stereocenters. The predicted octanol–water partition coefficient (Wildman–Crippen LogP) is 5.39. The van der Waals surface area contributed by atoms with Gasteiger partial charge in [0.2, 0.25) is 0 Å². The Morgan fingerprint density at radius 1 is 1.02 bits per heavy atom. The molecule has 1 aromatic heterocycles. The number of rotatable bonds is 9. The van der Waals surface area contributed by atoms with E-state index in [9.17, 15) is 14.4 Å². The Hall–Kier alpha value is -4.83. The number of hydrogen-bond donors (Lipinski definition) is 3. The summed E-state index contributed by atoms with van der Waals surface area (Å²) < 4.78 is 21.0. The maximum atomic E-state index is 15.7. The van der Waals surface area contributed by atoms with E-state index in [1.54, 1.807) is 47.4 Å². The maximum Gasteiger partial charge on any atom is 0.291 e. The van der Waals surface area contributed by atoms with E-state index in [-0.39, 0.29) is 28.7 Å². The van der Waals surface area contributed by atoms with Crippen LogP contribution in [-0.2, 0) is 11.2 Å². The number of aromatic nitrogens is 2. The van der Waals surface area contributed by atoms with Crippen LogP contribution in [0.2, 0.25) is 0 Å². The Morgan fingerprint density at radius 3 is 2.55 bits per heavy atom. The largest absolute Gasteiger partial charge is 0.378 e. The fourth-order valence-electron chi connectivity index (χ4n) is 4.75. The first kappa shape index (κ1) is 28.7. The van der Waals surface area contributed by atoms with Crippen molar-refractivity contribution in [3.8, 4) is 11.3 Å². The zero-order chi connectivity index (χ0) is 29.5. The van der Waals surface area contributed by atoms with E-state index in [0.29, 0.717) is 43.1 Å². The quantitative estimate of drug-likeness (QED) is 0.249. The molecule has 2 amide bonds. The summed E-state index contributed by atoms with van der Waals surface area (Å²) in [6, 6.07) is 18.6. The van der Waals surface area contributed by atoms with Gasteiger partial charge >= 0.3 is 0 Å². The summed E-state index contributed by atoms with van der Waals surface area (Å²) in [6.45, 7) is 4.19. The first-order valence-electron chi connectivity index (χ1n) is 14.0. The number of anilines is 3. The van der Waals surface area contributed by atoms with Gasteiger partial charge in [0.05, 0.1) is 24.6 Å². The molecule has 1 aliphatic rings. The predicted molar refractivity (Wildman–Crippen MR) is 160 cm³/mol. The van der Waals surface area contributed by atoms with Crippen LogP contribution in [0.25, 0.3) is 11.3 Å². The molecule has 0 atom stereocenters. The molecule has 10 heteroatoms. The molecule has 0 aliphatic carbocycles. The van der Waals surface area contributed by atoms with E-state index in [2.05, 4.69) is 27.5 Å². The lowest BCUT2D eigenvalue weighted by Gasteiger charge is -2.26. The summed E-state index contributed by atoms with van der Waals surface area (Å²) in [5, 5.41) is 5.64. The van der Waals surface area contributed by atoms with E-state index < -0.39 is 17.3 Å². The maximum absolute atomic E-state index is 15.7. The Labute approximate surface area is 242 Å². The standard InChI is InChI=1S/C32H32FN5O4/c1-2-3-7-21-8-4-5-9-24(21)30(39)37-26-11-6-10-25(28(26)33)27-20-34-31(40)29(36-27)35-23-14-12-22(13-15-23)32(41)38-16-18-42-19-17-38/h4-6,8-15,20H,2-3,7,16-19H2,1H3,(H,34,40)(H,35,36)(H,37,39). The summed E-state index contributed by atoms with van der Waals surface area (Å²) in [5.74, 6) is -1.20. The van der Waals surface area contributed by atoms with Crippen molar-refractivity contribution in [3.05, 3.63) is 106 Å². The van der Waals surface area contributed by atoms with Gasteiger partial charge in [0.1, 0.15) is 0 Å². The van der Waals surface area contributed by atoms with Crippen molar-refractivity contribution in [1.82, 2.24) is 14.9 Å². The van der Waals surface area contributed by atoms with Gasteiger partial charge in [-0.25, -0.2) is 9.37 Å². The van der Waals surface area contributed by atoms with Crippen LogP contribution < -0.4 is 16.2 Å². The Balaban J connectivity index is 1.33. The van der Waals surface area contributed by atoms with Crippen LogP contribution in [0.1, 0.15) is 46.0 Å². The molecule has 1 fully saturated rings. The van der Waals surface area contributed by atoms with E-state index in [1.165, 1.54) is 18.3 Å². The van der Waals surface area contributed by atoms with Crippen molar-refractivity contribution in [3.63, 3.8) is 0 Å². The molecule has 0 radical (unpaired) electrons. The molecule has 5 rings (SSSR count). The highest BCUT2D eigenvalue weighted by molar-refractivity contribution is 6.05. The fraction of sp³-hybridized carbons (Fsp3) is 0.250. The third-order valence-corrected chi connectivity index (χ3v) is 7.06. The lowest BCUT2D eigenvalue weighted by molar-refractivity contribution is 0.0303. The second kappa shape index (κ2) is 13.2. The lowest BCUT2D eigenvalue weighted by Crippen LogP contribution is -2.40. The molecular formula is C32H32FN5O4. The Bertz CT molecular complexity index is 1630. The number of nitrogens with one attached hydrogen (secondary N) is 3. The minimum Gasteiger partial charge on any atom is -0.378 e. The van der Waals surface area contributed by atoms with Crippen LogP contribution >= 0.6 is 0 Å². The smallest absolute Gasteiger partial charge is 0.291 e. The number of carbonyl (C=O) groups excluding carboxylic acids is 2. The number of carbonyl (C=O) groups is 2. The molecule has 1 saturated heterocycles. The summed E-state index contributed by atoms with van der Waals surface area (Å²) in [4.78, 5) is 47.0. The second-order valence-corrected chi connectivity index (χ2v) is 9.95. The molecule has 3 aromatic carbocycles. The normalized spacial score (nSPS) is 13.0. The number of aromatic amines is 1. The van der Waals surface area contributed by atoms with Crippen LogP contribution in [0.15, 0.2) is 77.7 Å². The van der Waals surface area contributed by atoms with Gasteiger partial charge in [-0.3, -0.25) is 14.4 Å². The zero-order valence-electron chi connectivity index (χ0n) is 23.3. The van der Waals surface area contributed by atoms with Gasteiger partial charge in [0.25, 0.3) is 17.4 Å². The van der Waals surface area contributed by atoms with E-state index in [0.717, 1.165) is 24.8 Å². The number of morpholine rings is 1. The number of hydrogen-bond acceptors (Lipinski definition) is 6. The third-order valence-electron chi connectivity index (χ3n) is 7.06. The fourth-order valence-corrected chi connectivity index (χ4v) is 4.75. The number of halogens is 1. The number of aryl methyl sites for hydroxylation is 1. The van der Waals surface area contributed by atoms with E-state index in [1.807, 2.05) is 12.1 Å². The highest BCUT2D eigenvalue weighted by Gasteiger charge is 2.19. The number of H-pyrrole nitrogens is 1. The molecule has 3 N–H and O–H groups in total. The Kier molecular flexibility index (Phi) is 9.03. The second-order valence-electron chi connectivity index (χ2n) is 9.95. The van der Waals surface area contributed by atoms with Crippen molar-refractivity contribution in [1.29, 1.82) is 0 Å².